The number of carbonyl (C=O) groups excluding carboxylic acids is 1. The zero-order chi connectivity index (χ0) is 20.2. The summed E-state index contributed by atoms with van der Waals surface area (Å²) < 4.78 is 7.13. The maximum atomic E-state index is 12.2. The lowest BCUT2D eigenvalue weighted by Crippen LogP contribution is -2.14. The van der Waals surface area contributed by atoms with Crippen LogP contribution in [0, 0.1) is 6.92 Å². The van der Waals surface area contributed by atoms with Gasteiger partial charge in [-0.1, -0.05) is 11.8 Å². The second kappa shape index (κ2) is 8.58. The third kappa shape index (κ3) is 4.54. The summed E-state index contributed by atoms with van der Waals surface area (Å²) in [6, 6.07) is 11.5. The second-order valence-electron chi connectivity index (χ2n) is 6.06. The van der Waals surface area contributed by atoms with Gasteiger partial charge in [0.1, 0.15) is 5.75 Å². The Morgan fingerprint density at radius 1 is 1.21 bits per heavy atom. The maximum absolute atomic E-state index is 12.2. The highest BCUT2D eigenvalue weighted by Gasteiger charge is 2.12. The number of anilines is 1. The number of aromatic nitrogens is 5. The molecular weight excluding hydrogens is 408 g/mol. The number of ether oxygens (including phenoxy) is 1. The van der Waals surface area contributed by atoms with Gasteiger partial charge in [0.2, 0.25) is 11.1 Å². The molecule has 0 saturated heterocycles. The van der Waals surface area contributed by atoms with Crippen LogP contribution in [0.1, 0.15) is 12.6 Å². The third-order valence-electron chi connectivity index (χ3n) is 3.89. The van der Waals surface area contributed by atoms with Crippen LogP contribution in [0.4, 0.5) is 5.13 Å². The minimum atomic E-state index is -0.149. The van der Waals surface area contributed by atoms with E-state index in [1.807, 2.05) is 55.6 Å². The number of nitrogens with one attached hydrogen (secondary N) is 1. The van der Waals surface area contributed by atoms with Crippen molar-refractivity contribution in [3.63, 3.8) is 0 Å². The first kappa shape index (κ1) is 19.3. The fraction of sp³-hybridized carbons (Fsp3) is 0.211. The molecule has 1 aromatic carbocycles. The number of amides is 1. The number of hydrogen-bond acceptors (Lipinski definition) is 8. The molecule has 4 aromatic rings. The summed E-state index contributed by atoms with van der Waals surface area (Å²) in [6.07, 6.45) is 0. The Labute approximate surface area is 175 Å². The van der Waals surface area contributed by atoms with E-state index in [1.54, 1.807) is 4.52 Å². The van der Waals surface area contributed by atoms with E-state index in [2.05, 4.69) is 25.6 Å². The zero-order valence-corrected chi connectivity index (χ0v) is 17.5. The molecule has 0 aliphatic carbocycles. The van der Waals surface area contributed by atoms with E-state index in [0.29, 0.717) is 22.5 Å². The van der Waals surface area contributed by atoms with E-state index in [1.165, 1.54) is 23.1 Å². The summed E-state index contributed by atoms with van der Waals surface area (Å²) in [6.45, 7) is 4.46. The first-order valence-corrected chi connectivity index (χ1v) is 10.8. The number of thiazole rings is 1. The monoisotopic (exact) mass is 426 g/mol. The SMILES string of the molecule is CCOc1ccc(-c2ccc3nnc(SCC(=O)Nc4nc(C)cs4)n3n2)cc1. The number of hydrogen-bond donors (Lipinski definition) is 1. The highest BCUT2D eigenvalue weighted by atomic mass is 32.2. The van der Waals surface area contributed by atoms with Gasteiger partial charge in [-0.3, -0.25) is 4.79 Å². The molecule has 10 heteroatoms. The number of nitrogens with zero attached hydrogens (tertiary/aromatic N) is 5. The minimum Gasteiger partial charge on any atom is -0.494 e. The lowest BCUT2D eigenvalue weighted by atomic mass is 10.1. The van der Waals surface area contributed by atoms with Crippen LogP contribution in [0.15, 0.2) is 46.9 Å². The van der Waals surface area contributed by atoms with Gasteiger partial charge in [0.05, 0.1) is 23.7 Å². The average Bonchev–Trinajstić information content (AvgIpc) is 3.32. The van der Waals surface area contributed by atoms with E-state index < -0.39 is 0 Å². The van der Waals surface area contributed by atoms with Crippen molar-refractivity contribution in [2.75, 3.05) is 17.7 Å². The van der Waals surface area contributed by atoms with Gasteiger partial charge in [-0.2, -0.15) is 9.61 Å². The fourth-order valence-electron chi connectivity index (χ4n) is 2.60. The molecule has 0 bridgehead atoms. The van der Waals surface area contributed by atoms with E-state index in [9.17, 15) is 4.79 Å². The molecule has 3 aromatic heterocycles. The Morgan fingerprint density at radius 2 is 2.03 bits per heavy atom. The van der Waals surface area contributed by atoms with Crippen LogP contribution in [0.5, 0.6) is 5.75 Å². The first-order valence-electron chi connectivity index (χ1n) is 8.93. The van der Waals surface area contributed by atoms with Crippen LogP contribution < -0.4 is 10.1 Å². The first-order chi connectivity index (χ1) is 14.1. The fourth-order valence-corrected chi connectivity index (χ4v) is 3.99. The molecule has 0 fully saturated rings. The highest BCUT2D eigenvalue weighted by molar-refractivity contribution is 7.99. The zero-order valence-electron chi connectivity index (χ0n) is 15.8. The summed E-state index contributed by atoms with van der Waals surface area (Å²) in [5.41, 5.74) is 3.24. The number of fused-ring (bicyclic) bond motifs is 1. The number of carbonyl (C=O) groups is 1. The van der Waals surface area contributed by atoms with Gasteiger partial charge in [0.25, 0.3) is 0 Å². The quantitative estimate of drug-likeness (QED) is 0.450. The van der Waals surface area contributed by atoms with Gasteiger partial charge >= 0.3 is 0 Å². The Hall–Kier alpha value is -2.98. The molecule has 0 atom stereocenters. The van der Waals surface area contributed by atoms with Crippen molar-refractivity contribution in [3.05, 3.63) is 47.5 Å². The van der Waals surface area contributed by atoms with Crippen molar-refractivity contribution in [1.29, 1.82) is 0 Å². The van der Waals surface area contributed by atoms with Gasteiger partial charge in [-0.15, -0.1) is 21.5 Å². The Bertz CT molecular complexity index is 1140. The van der Waals surface area contributed by atoms with Gasteiger partial charge in [0, 0.05) is 10.9 Å². The summed E-state index contributed by atoms with van der Waals surface area (Å²) in [4.78, 5) is 16.4. The molecule has 1 N–H and O–H groups in total. The van der Waals surface area contributed by atoms with E-state index in [4.69, 9.17) is 4.74 Å². The van der Waals surface area contributed by atoms with E-state index in [0.717, 1.165) is 22.7 Å². The smallest absolute Gasteiger partial charge is 0.236 e. The molecule has 0 unspecified atom stereocenters. The maximum Gasteiger partial charge on any atom is 0.236 e. The van der Waals surface area contributed by atoms with Gasteiger partial charge < -0.3 is 10.1 Å². The molecule has 148 valence electrons. The normalized spacial score (nSPS) is 11.0. The highest BCUT2D eigenvalue weighted by Crippen LogP contribution is 2.23. The van der Waals surface area contributed by atoms with Crippen molar-refractivity contribution in [2.45, 2.75) is 19.0 Å². The van der Waals surface area contributed by atoms with Crippen LogP contribution >= 0.6 is 23.1 Å². The predicted molar refractivity (Wildman–Crippen MR) is 114 cm³/mol. The Balaban J connectivity index is 1.48. The average molecular weight is 427 g/mol. The summed E-state index contributed by atoms with van der Waals surface area (Å²) in [5.74, 6) is 0.858. The number of rotatable bonds is 7. The van der Waals surface area contributed by atoms with Crippen LogP contribution in [0.3, 0.4) is 0 Å². The topological polar surface area (TPSA) is 94.3 Å². The minimum absolute atomic E-state index is 0.149. The molecule has 0 aliphatic heterocycles. The molecule has 4 rings (SSSR count). The standard InChI is InChI=1S/C19H18N6O2S2/c1-3-27-14-6-4-13(5-7-14)15-8-9-16-22-23-19(25(16)24-15)29-11-17(26)21-18-20-12(2)10-28-18/h4-10H,3,11H2,1-2H3,(H,20,21,26). The van der Waals surface area contributed by atoms with E-state index >= 15 is 0 Å². The predicted octanol–water partition coefficient (Wildman–Crippen LogP) is 3.69. The molecule has 0 aliphatic rings. The van der Waals surface area contributed by atoms with Crippen molar-refractivity contribution in [1.82, 2.24) is 24.8 Å². The van der Waals surface area contributed by atoms with Crippen LogP contribution in [0.2, 0.25) is 0 Å². The molecule has 0 radical (unpaired) electrons. The van der Waals surface area contributed by atoms with Crippen molar-refractivity contribution in [3.8, 4) is 17.0 Å². The molecule has 29 heavy (non-hydrogen) atoms. The second-order valence-corrected chi connectivity index (χ2v) is 7.86. The van der Waals surface area contributed by atoms with Crippen LogP contribution in [-0.2, 0) is 4.79 Å². The van der Waals surface area contributed by atoms with Crippen molar-refractivity contribution < 1.29 is 9.53 Å². The van der Waals surface area contributed by atoms with Gasteiger partial charge in [0.15, 0.2) is 10.8 Å². The van der Waals surface area contributed by atoms with Crippen molar-refractivity contribution >= 4 is 39.8 Å². The Kier molecular flexibility index (Phi) is 5.72. The molecule has 0 spiro atoms. The van der Waals surface area contributed by atoms with Crippen molar-refractivity contribution in [2.24, 2.45) is 0 Å². The molecule has 3 heterocycles. The third-order valence-corrected chi connectivity index (χ3v) is 5.69. The Morgan fingerprint density at radius 3 is 2.76 bits per heavy atom. The number of aryl methyl sites for hydroxylation is 1. The van der Waals surface area contributed by atoms with Crippen LogP contribution in [-0.4, -0.2) is 43.1 Å². The summed E-state index contributed by atoms with van der Waals surface area (Å²) in [5, 5.41) is 18.7. The largest absolute Gasteiger partial charge is 0.494 e. The lowest BCUT2D eigenvalue weighted by molar-refractivity contribution is -0.113. The lowest BCUT2D eigenvalue weighted by Gasteiger charge is -2.05. The molecular formula is C19H18N6O2S2. The number of thioether (sulfide) groups is 1. The molecule has 1 amide bonds. The molecule has 8 nitrogen and oxygen atoms in total. The van der Waals surface area contributed by atoms with Gasteiger partial charge in [-0.25, -0.2) is 4.98 Å². The summed E-state index contributed by atoms with van der Waals surface area (Å²) >= 11 is 2.68. The van der Waals surface area contributed by atoms with Gasteiger partial charge in [-0.05, 0) is 50.2 Å². The summed E-state index contributed by atoms with van der Waals surface area (Å²) in [7, 11) is 0. The molecule has 0 saturated carbocycles. The van der Waals surface area contributed by atoms with E-state index in [-0.39, 0.29) is 11.7 Å². The van der Waals surface area contributed by atoms with Crippen LogP contribution in [0.25, 0.3) is 16.9 Å². The number of benzene rings is 1.